The van der Waals surface area contributed by atoms with Crippen molar-refractivity contribution in [2.75, 3.05) is 20.2 Å². The molecule has 1 saturated carbocycles. The van der Waals surface area contributed by atoms with E-state index in [0.717, 1.165) is 0 Å². The minimum absolute atomic E-state index is 0.285. The van der Waals surface area contributed by atoms with E-state index >= 15 is 0 Å². The summed E-state index contributed by atoms with van der Waals surface area (Å²) in [5, 5.41) is 9.44. The van der Waals surface area contributed by atoms with Gasteiger partial charge < -0.3 is 10.0 Å². The number of aliphatic hydroxyl groups excluding tert-OH is 1. The molecule has 70 valence electrons. The van der Waals surface area contributed by atoms with Gasteiger partial charge in [-0.3, -0.25) is 0 Å². The van der Waals surface area contributed by atoms with E-state index in [1.54, 1.807) is 0 Å². The van der Waals surface area contributed by atoms with Crippen LogP contribution in [-0.4, -0.2) is 36.2 Å². The maximum atomic E-state index is 9.44. The van der Waals surface area contributed by atoms with E-state index in [2.05, 4.69) is 11.9 Å². The maximum absolute atomic E-state index is 9.44. The zero-order chi connectivity index (χ0) is 8.60. The molecule has 0 radical (unpaired) electrons. The monoisotopic (exact) mass is 169 g/mol. The van der Waals surface area contributed by atoms with Crippen LogP contribution in [0.25, 0.3) is 0 Å². The summed E-state index contributed by atoms with van der Waals surface area (Å²) in [6, 6.07) is 0.677. The van der Waals surface area contributed by atoms with Crippen LogP contribution in [0.3, 0.4) is 0 Å². The quantitative estimate of drug-likeness (QED) is 0.638. The van der Waals surface area contributed by atoms with Gasteiger partial charge in [0.15, 0.2) is 0 Å². The number of fused-ring (bicyclic) bond motifs is 1. The first kappa shape index (κ1) is 8.52. The molecule has 0 unspecified atom stereocenters. The van der Waals surface area contributed by atoms with E-state index in [4.69, 9.17) is 0 Å². The first-order chi connectivity index (χ1) is 5.78. The second kappa shape index (κ2) is 3.00. The minimum atomic E-state index is 0.285. The fourth-order valence-corrected chi connectivity index (χ4v) is 3.20. The Balaban J connectivity index is 2.17. The van der Waals surface area contributed by atoms with Crippen molar-refractivity contribution >= 4 is 0 Å². The minimum Gasteiger partial charge on any atom is -0.396 e. The molecule has 0 amide bonds. The van der Waals surface area contributed by atoms with Gasteiger partial charge in [0.25, 0.3) is 0 Å². The van der Waals surface area contributed by atoms with Crippen LogP contribution in [-0.2, 0) is 0 Å². The summed E-state index contributed by atoms with van der Waals surface area (Å²) in [6.45, 7) is 1.63. The van der Waals surface area contributed by atoms with Crippen LogP contribution < -0.4 is 0 Å². The predicted octanol–water partition coefficient (Wildman–Crippen LogP) is 1.24. The summed E-state index contributed by atoms with van der Waals surface area (Å²) in [5.41, 5.74) is 0.285. The summed E-state index contributed by atoms with van der Waals surface area (Å²) < 4.78 is 0. The third-order valence-corrected chi connectivity index (χ3v) is 3.89. The Hall–Kier alpha value is -0.0800. The van der Waals surface area contributed by atoms with Crippen LogP contribution in [0.4, 0.5) is 0 Å². The Kier molecular flexibility index (Phi) is 2.13. The molecule has 1 heterocycles. The van der Waals surface area contributed by atoms with Crippen molar-refractivity contribution in [3.05, 3.63) is 0 Å². The van der Waals surface area contributed by atoms with Gasteiger partial charge in [-0.1, -0.05) is 6.42 Å². The van der Waals surface area contributed by atoms with E-state index in [-0.39, 0.29) is 5.41 Å². The third kappa shape index (κ3) is 1.09. The maximum Gasteiger partial charge on any atom is 0.0502 e. The van der Waals surface area contributed by atoms with Gasteiger partial charge in [-0.15, -0.1) is 0 Å². The van der Waals surface area contributed by atoms with Crippen molar-refractivity contribution in [1.82, 2.24) is 4.90 Å². The van der Waals surface area contributed by atoms with Crippen molar-refractivity contribution in [2.45, 2.75) is 38.1 Å². The van der Waals surface area contributed by atoms with Crippen LogP contribution in [0, 0.1) is 5.41 Å². The molecule has 2 fully saturated rings. The van der Waals surface area contributed by atoms with Gasteiger partial charge in [0, 0.05) is 11.5 Å². The Morgan fingerprint density at radius 3 is 2.83 bits per heavy atom. The molecule has 1 aliphatic carbocycles. The zero-order valence-electron chi connectivity index (χ0n) is 7.92. The smallest absolute Gasteiger partial charge is 0.0502 e. The molecule has 1 saturated heterocycles. The highest BCUT2D eigenvalue weighted by Crippen LogP contribution is 2.46. The Bertz CT molecular complexity index is 171. The van der Waals surface area contributed by atoms with Gasteiger partial charge in [0.1, 0.15) is 0 Å². The standard InChI is InChI=1S/C10H19NO/c1-11-7-3-6-10(8-12)5-2-4-9(10)11/h9,12H,2-8H2,1H3/t9-,10-/m0/s1. The SMILES string of the molecule is CN1CCC[C@]2(CO)CCC[C@H]12. The first-order valence-electron chi connectivity index (χ1n) is 5.10. The summed E-state index contributed by atoms with van der Waals surface area (Å²) >= 11 is 0. The average molecular weight is 169 g/mol. The molecular formula is C10H19NO. The second-order valence-electron chi connectivity index (χ2n) is 4.51. The molecular weight excluding hydrogens is 150 g/mol. The van der Waals surface area contributed by atoms with Crippen LogP contribution >= 0.6 is 0 Å². The number of hydrogen-bond acceptors (Lipinski definition) is 2. The fourth-order valence-electron chi connectivity index (χ4n) is 3.20. The second-order valence-corrected chi connectivity index (χ2v) is 4.51. The van der Waals surface area contributed by atoms with E-state index < -0.39 is 0 Å². The first-order valence-corrected chi connectivity index (χ1v) is 5.10. The molecule has 1 aliphatic heterocycles. The number of nitrogens with zero attached hydrogens (tertiary/aromatic N) is 1. The van der Waals surface area contributed by atoms with Gasteiger partial charge >= 0.3 is 0 Å². The van der Waals surface area contributed by atoms with Gasteiger partial charge in [-0.25, -0.2) is 0 Å². The molecule has 2 atom stereocenters. The topological polar surface area (TPSA) is 23.5 Å². The third-order valence-electron chi connectivity index (χ3n) is 3.89. The summed E-state index contributed by atoms with van der Waals surface area (Å²) in [5.74, 6) is 0. The number of piperidine rings is 1. The number of aliphatic hydroxyl groups is 1. The molecule has 0 spiro atoms. The van der Waals surface area contributed by atoms with E-state index in [9.17, 15) is 5.11 Å². The molecule has 1 N–H and O–H groups in total. The van der Waals surface area contributed by atoms with E-state index in [1.165, 1.54) is 38.6 Å². The van der Waals surface area contributed by atoms with Crippen molar-refractivity contribution in [2.24, 2.45) is 5.41 Å². The highest BCUT2D eigenvalue weighted by molar-refractivity contribution is 4.99. The van der Waals surface area contributed by atoms with Crippen LogP contribution in [0.1, 0.15) is 32.1 Å². The molecule has 0 bridgehead atoms. The molecule has 0 aromatic heterocycles. The number of likely N-dealkylation sites (tertiary alicyclic amines) is 1. The van der Waals surface area contributed by atoms with Crippen LogP contribution in [0.5, 0.6) is 0 Å². The average Bonchev–Trinajstić information content (AvgIpc) is 2.50. The molecule has 2 heteroatoms. The zero-order valence-corrected chi connectivity index (χ0v) is 7.92. The molecule has 12 heavy (non-hydrogen) atoms. The van der Waals surface area contributed by atoms with Crippen LogP contribution in [0.15, 0.2) is 0 Å². The van der Waals surface area contributed by atoms with Crippen molar-refractivity contribution in [1.29, 1.82) is 0 Å². The van der Waals surface area contributed by atoms with Crippen molar-refractivity contribution in [3.63, 3.8) is 0 Å². The Labute approximate surface area is 74.6 Å². The number of hydrogen-bond donors (Lipinski definition) is 1. The summed E-state index contributed by atoms with van der Waals surface area (Å²) in [6.07, 6.45) is 6.39. The van der Waals surface area contributed by atoms with Crippen LogP contribution in [0.2, 0.25) is 0 Å². The lowest BCUT2D eigenvalue weighted by atomic mass is 9.76. The summed E-state index contributed by atoms with van der Waals surface area (Å²) in [4.78, 5) is 2.45. The Morgan fingerprint density at radius 2 is 2.17 bits per heavy atom. The predicted molar refractivity (Wildman–Crippen MR) is 49.0 cm³/mol. The molecule has 2 aliphatic rings. The fraction of sp³-hybridized carbons (Fsp3) is 1.00. The lowest BCUT2D eigenvalue weighted by Gasteiger charge is -2.44. The molecule has 0 aromatic carbocycles. The Morgan fingerprint density at radius 1 is 1.42 bits per heavy atom. The number of rotatable bonds is 1. The van der Waals surface area contributed by atoms with Gasteiger partial charge in [0.2, 0.25) is 0 Å². The summed E-state index contributed by atoms with van der Waals surface area (Å²) in [7, 11) is 2.21. The normalized spacial score (nSPS) is 43.0. The highest BCUT2D eigenvalue weighted by Gasteiger charge is 2.45. The van der Waals surface area contributed by atoms with E-state index in [1.807, 2.05) is 0 Å². The van der Waals surface area contributed by atoms with Gasteiger partial charge in [0.05, 0.1) is 6.61 Å². The van der Waals surface area contributed by atoms with Gasteiger partial charge in [-0.2, -0.15) is 0 Å². The van der Waals surface area contributed by atoms with E-state index in [0.29, 0.717) is 12.6 Å². The molecule has 2 nitrogen and oxygen atoms in total. The lowest BCUT2D eigenvalue weighted by Crippen LogP contribution is -2.49. The largest absolute Gasteiger partial charge is 0.396 e. The molecule has 0 aromatic rings. The lowest BCUT2D eigenvalue weighted by molar-refractivity contribution is 0.00742. The van der Waals surface area contributed by atoms with Crippen molar-refractivity contribution in [3.8, 4) is 0 Å². The highest BCUT2D eigenvalue weighted by atomic mass is 16.3. The van der Waals surface area contributed by atoms with Crippen molar-refractivity contribution < 1.29 is 5.11 Å². The molecule has 2 rings (SSSR count). The van der Waals surface area contributed by atoms with Gasteiger partial charge in [-0.05, 0) is 39.3 Å².